The molecule has 0 aliphatic carbocycles. The van der Waals surface area contributed by atoms with Crippen LogP contribution in [0.2, 0.25) is 0 Å². The maximum absolute atomic E-state index is 5.44. The van der Waals surface area contributed by atoms with Crippen molar-refractivity contribution in [3.8, 4) is 0 Å². The molecule has 112 valence electrons. The molecule has 1 aromatic heterocycles. The fraction of sp³-hybridized carbons (Fsp3) is 0.692. The third kappa shape index (κ3) is 4.81. The van der Waals surface area contributed by atoms with Gasteiger partial charge < -0.3 is 15.5 Å². The third-order valence-electron chi connectivity index (χ3n) is 3.14. The molecule has 4 N–H and O–H groups in total. The molecule has 1 atom stereocenters. The van der Waals surface area contributed by atoms with E-state index in [1.54, 1.807) is 0 Å². The van der Waals surface area contributed by atoms with Crippen LogP contribution in [0.4, 0.5) is 11.6 Å². The first kappa shape index (κ1) is 15.3. The third-order valence-corrected chi connectivity index (χ3v) is 4.54. The van der Waals surface area contributed by atoms with Crippen LogP contribution in [0.25, 0.3) is 0 Å². The summed E-state index contributed by atoms with van der Waals surface area (Å²) in [5.74, 6) is 8.75. The Kier molecular flexibility index (Phi) is 6.35. The standard InChI is InChI=1S/C13H23N5OS/c1-2-19-9-13-16-11(7-12(17-13)18-14)15-8-10-5-3-4-6-20-10/h7,10H,2-6,8-9,14H2,1H3,(H2,15,16,17,18). The Morgan fingerprint density at radius 3 is 2.95 bits per heavy atom. The Hall–Kier alpha value is -1.05. The number of rotatable bonds is 7. The van der Waals surface area contributed by atoms with Crippen LogP contribution in [0.15, 0.2) is 6.07 Å². The summed E-state index contributed by atoms with van der Waals surface area (Å²) < 4.78 is 5.34. The van der Waals surface area contributed by atoms with Gasteiger partial charge in [-0.15, -0.1) is 0 Å². The summed E-state index contributed by atoms with van der Waals surface area (Å²) in [6.45, 7) is 3.92. The first-order valence-electron chi connectivity index (χ1n) is 7.09. The fourth-order valence-electron chi connectivity index (χ4n) is 2.11. The number of ether oxygens (including phenoxy) is 1. The van der Waals surface area contributed by atoms with Gasteiger partial charge in [-0.05, 0) is 25.5 Å². The van der Waals surface area contributed by atoms with E-state index >= 15 is 0 Å². The van der Waals surface area contributed by atoms with Crippen molar-refractivity contribution in [1.29, 1.82) is 0 Å². The van der Waals surface area contributed by atoms with Crippen molar-refractivity contribution in [2.75, 3.05) is 29.6 Å². The highest BCUT2D eigenvalue weighted by Crippen LogP contribution is 2.25. The zero-order valence-electron chi connectivity index (χ0n) is 11.9. The number of nitrogen functional groups attached to an aromatic ring is 1. The van der Waals surface area contributed by atoms with E-state index in [1.165, 1.54) is 25.0 Å². The number of anilines is 2. The highest BCUT2D eigenvalue weighted by Gasteiger charge is 2.14. The number of nitrogens with zero attached hydrogens (tertiary/aromatic N) is 2. The second-order valence-electron chi connectivity index (χ2n) is 4.71. The summed E-state index contributed by atoms with van der Waals surface area (Å²) in [7, 11) is 0. The van der Waals surface area contributed by atoms with E-state index in [4.69, 9.17) is 10.6 Å². The summed E-state index contributed by atoms with van der Waals surface area (Å²) in [4.78, 5) is 8.72. The SMILES string of the molecule is CCOCc1nc(NN)cc(NCC2CCCCS2)n1. The highest BCUT2D eigenvalue weighted by atomic mass is 32.2. The molecule has 0 amide bonds. The van der Waals surface area contributed by atoms with E-state index in [1.807, 2.05) is 24.8 Å². The molecule has 2 heterocycles. The molecular formula is C13H23N5OS. The van der Waals surface area contributed by atoms with Gasteiger partial charge in [0.05, 0.1) is 0 Å². The first-order chi connectivity index (χ1) is 9.81. The second-order valence-corrected chi connectivity index (χ2v) is 6.11. The molecule has 0 radical (unpaired) electrons. The van der Waals surface area contributed by atoms with Crippen molar-refractivity contribution in [2.45, 2.75) is 38.0 Å². The number of aromatic nitrogens is 2. The van der Waals surface area contributed by atoms with E-state index in [-0.39, 0.29) is 0 Å². The van der Waals surface area contributed by atoms with E-state index in [0.29, 0.717) is 30.1 Å². The average molecular weight is 297 g/mol. The molecule has 6 nitrogen and oxygen atoms in total. The number of nitrogens with two attached hydrogens (primary N) is 1. The minimum Gasteiger partial charge on any atom is -0.374 e. The Morgan fingerprint density at radius 2 is 2.25 bits per heavy atom. The molecule has 7 heteroatoms. The van der Waals surface area contributed by atoms with Gasteiger partial charge in [0.1, 0.15) is 18.2 Å². The van der Waals surface area contributed by atoms with Gasteiger partial charge >= 0.3 is 0 Å². The molecular weight excluding hydrogens is 274 g/mol. The lowest BCUT2D eigenvalue weighted by molar-refractivity contribution is 0.128. The van der Waals surface area contributed by atoms with Crippen LogP contribution in [-0.4, -0.2) is 34.1 Å². The molecule has 0 bridgehead atoms. The van der Waals surface area contributed by atoms with Crippen LogP contribution in [-0.2, 0) is 11.3 Å². The van der Waals surface area contributed by atoms with Gasteiger partial charge in [0.15, 0.2) is 5.82 Å². The van der Waals surface area contributed by atoms with Gasteiger partial charge in [-0.3, -0.25) is 0 Å². The van der Waals surface area contributed by atoms with Gasteiger partial charge in [-0.1, -0.05) is 6.42 Å². The zero-order chi connectivity index (χ0) is 14.2. The Balaban J connectivity index is 1.94. The summed E-state index contributed by atoms with van der Waals surface area (Å²) in [6.07, 6.45) is 3.94. The van der Waals surface area contributed by atoms with Crippen LogP contribution < -0.4 is 16.6 Å². The lowest BCUT2D eigenvalue weighted by Gasteiger charge is -2.21. The number of hydrogen-bond donors (Lipinski definition) is 3. The van der Waals surface area contributed by atoms with E-state index in [2.05, 4.69) is 20.7 Å². The lowest BCUT2D eigenvalue weighted by atomic mass is 10.2. The molecule has 0 spiro atoms. The number of hydrazine groups is 1. The van der Waals surface area contributed by atoms with Gasteiger partial charge in [0, 0.05) is 24.5 Å². The minimum atomic E-state index is 0.402. The molecule has 0 aromatic carbocycles. The van der Waals surface area contributed by atoms with Crippen molar-refractivity contribution in [1.82, 2.24) is 9.97 Å². The van der Waals surface area contributed by atoms with Crippen molar-refractivity contribution >= 4 is 23.4 Å². The van der Waals surface area contributed by atoms with Gasteiger partial charge in [0.25, 0.3) is 0 Å². The van der Waals surface area contributed by atoms with Crippen LogP contribution in [0, 0.1) is 0 Å². The number of thioether (sulfide) groups is 1. The minimum absolute atomic E-state index is 0.402. The van der Waals surface area contributed by atoms with Crippen LogP contribution in [0.5, 0.6) is 0 Å². The Labute approximate surface area is 124 Å². The van der Waals surface area contributed by atoms with Gasteiger partial charge in [0.2, 0.25) is 0 Å². The number of hydrogen-bond acceptors (Lipinski definition) is 7. The Bertz CT molecular complexity index is 412. The fourth-order valence-corrected chi connectivity index (χ4v) is 3.34. The zero-order valence-corrected chi connectivity index (χ0v) is 12.7. The van der Waals surface area contributed by atoms with Gasteiger partial charge in [-0.2, -0.15) is 11.8 Å². The largest absolute Gasteiger partial charge is 0.374 e. The summed E-state index contributed by atoms with van der Waals surface area (Å²) in [6, 6.07) is 1.82. The Morgan fingerprint density at radius 1 is 1.40 bits per heavy atom. The highest BCUT2D eigenvalue weighted by molar-refractivity contribution is 7.99. The van der Waals surface area contributed by atoms with E-state index < -0.39 is 0 Å². The van der Waals surface area contributed by atoms with Crippen molar-refractivity contribution in [3.63, 3.8) is 0 Å². The van der Waals surface area contributed by atoms with Crippen LogP contribution in [0.1, 0.15) is 32.0 Å². The second kappa shape index (κ2) is 8.28. The van der Waals surface area contributed by atoms with Crippen molar-refractivity contribution in [3.05, 3.63) is 11.9 Å². The average Bonchev–Trinajstić information content (AvgIpc) is 2.51. The summed E-state index contributed by atoms with van der Waals surface area (Å²) in [5.41, 5.74) is 2.57. The molecule has 1 aliphatic heterocycles. The van der Waals surface area contributed by atoms with Gasteiger partial charge in [-0.25, -0.2) is 15.8 Å². The van der Waals surface area contributed by atoms with Crippen LogP contribution >= 0.6 is 11.8 Å². The maximum Gasteiger partial charge on any atom is 0.158 e. The molecule has 20 heavy (non-hydrogen) atoms. The predicted octanol–water partition coefficient (Wildman–Crippen LogP) is 2.00. The number of nitrogens with one attached hydrogen (secondary N) is 2. The monoisotopic (exact) mass is 297 g/mol. The molecule has 1 saturated heterocycles. The van der Waals surface area contributed by atoms with Crippen molar-refractivity contribution in [2.24, 2.45) is 5.84 Å². The molecule has 1 unspecified atom stereocenters. The van der Waals surface area contributed by atoms with Crippen LogP contribution in [0.3, 0.4) is 0 Å². The molecule has 1 fully saturated rings. The van der Waals surface area contributed by atoms with E-state index in [9.17, 15) is 0 Å². The lowest BCUT2D eigenvalue weighted by Crippen LogP contribution is -2.21. The smallest absolute Gasteiger partial charge is 0.158 e. The van der Waals surface area contributed by atoms with E-state index in [0.717, 1.165) is 12.4 Å². The molecule has 0 saturated carbocycles. The predicted molar refractivity (Wildman–Crippen MR) is 83.8 cm³/mol. The summed E-state index contributed by atoms with van der Waals surface area (Å²) >= 11 is 2.04. The first-order valence-corrected chi connectivity index (χ1v) is 8.14. The molecule has 1 aliphatic rings. The maximum atomic E-state index is 5.44. The van der Waals surface area contributed by atoms with Crippen molar-refractivity contribution < 1.29 is 4.74 Å². The quantitative estimate of drug-likeness (QED) is 0.524. The molecule has 2 rings (SSSR count). The summed E-state index contributed by atoms with van der Waals surface area (Å²) in [5, 5.41) is 4.05. The topological polar surface area (TPSA) is 85.1 Å². The molecule has 1 aromatic rings. The normalized spacial score (nSPS) is 18.8.